The van der Waals surface area contributed by atoms with Crippen molar-refractivity contribution in [1.82, 2.24) is 4.98 Å². The molecule has 1 aromatic heterocycles. The van der Waals surface area contributed by atoms with Gasteiger partial charge >= 0.3 is 0 Å². The number of pyridine rings is 1. The molecule has 0 aliphatic carbocycles. The second kappa shape index (κ2) is 6.04. The van der Waals surface area contributed by atoms with Crippen molar-refractivity contribution in [2.75, 3.05) is 5.43 Å². The van der Waals surface area contributed by atoms with Crippen LogP contribution in [0.3, 0.4) is 0 Å². The molecule has 3 N–H and O–H groups in total. The molecule has 94 valence electrons. The maximum atomic E-state index is 6.02. The number of aromatic nitrogens is 1. The fraction of sp³-hybridized carbons (Fsp3) is 0.0833. The molecule has 0 spiro atoms. The van der Waals surface area contributed by atoms with E-state index in [0.717, 1.165) is 15.9 Å². The molecule has 0 radical (unpaired) electrons. The first-order valence-corrected chi connectivity index (χ1v) is 6.35. The molecule has 1 heterocycles. The molecule has 18 heavy (non-hydrogen) atoms. The summed E-state index contributed by atoms with van der Waals surface area (Å²) in [5.41, 5.74) is 4.10. The number of nitrogens with one attached hydrogen (secondary N) is 1. The lowest BCUT2D eigenvalue weighted by atomic mass is 10.3. The Bertz CT molecular complexity index is 551. The van der Waals surface area contributed by atoms with Crippen molar-refractivity contribution in [2.24, 2.45) is 5.84 Å². The first kappa shape index (κ1) is 13.1. The summed E-state index contributed by atoms with van der Waals surface area (Å²) in [5.74, 6) is 5.93. The first-order valence-electron chi connectivity index (χ1n) is 5.18. The average molecular weight is 329 g/mol. The zero-order valence-electron chi connectivity index (χ0n) is 9.36. The van der Waals surface area contributed by atoms with Gasteiger partial charge in [-0.3, -0.25) is 10.8 Å². The van der Waals surface area contributed by atoms with Crippen molar-refractivity contribution in [3.8, 4) is 5.75 Å². The van der Waals surface area contributed by atoms with Gasteiger partial charge in [0.15, 0.2) is 0 Å². The molecular weight excluding hydrogens is 318 g/mol. The highest BCUT2D eigenvalue weighted by Crippen LogP contribution is 2.28. The van der Waals surface area contributed by atoms with Crippen LogP contribution in [0.1, 0.15) is 5.69 Å². The van der Waals surface area contributed by atoms with E-state index < -0.39 is 0 Å². The number of nitrogen functional groups attached to an aromatic ring is 1. The van der Waals surface area contributed by atoms with Gasteiger partial charge in [-0.05, 0) is 30.3 Å². The van der Waals surface area contributed by atoms with Crippen molar-refractivity contribution < 1.29 is 4.74 Å². The Labute approximate surface area is 118 Å². The van der Waals surface area contributed by atoms with Crippen LogP contribution in [-0.2, 0) is 6.61 Å². The van der Waals surface area contributed by atoms with E-state index in [9.17, 15) is 0 Å². The molecule has 0 fully saturated rings. The van der Waals surface area contributed by atoms with E-state index in [1.54, 1.807) is 18.3 Å². The lowest BCUT2D eigenvalue weighted by Gasteiger charge is -2.08. The summed E-state index contributed by atoms with van der Waals surface area (Å²) in [6.07, 6.45) is 1.66. The topological polar surface area (TPSA) is 60.2 Å². The summed E-state index contributed by atoms with van der Waals surface area (Å²) < 4.78 is 6.52. The molecular formula is C12H11BrClN3O. The quantitative estimate of drug-likeness (QED) is 0.667. The van der Waals surface area contributed by atoms with Crippen molar-refractivity contribution in [2.45, 2.75) is 6.61 Å². The molecule has 0 amide bonds. The van der Waals surface area contributed by atoms with Gasteiger partial charge in [0.05, 0.1) is 16.4 Å². The predicted molar refractivity (Wildman–Crippen MR) is 75.5 cm³/mol. The number of nitrogens with two attached hydrogens (primary N) is 1. The molecule has 6 heteroatoms. The lowest BCUT2D eigenvalue weighted by molar-refractivity contribution is 0.301. The molecule has 2 rings (SSSR count). The van der Waals surface area contributed by atoms with Gasteiger partial charge in [0, 0.05) is 10.7 Å². The Balaban J connectivity index is 2.08. The summed E-state index contributed by atoms with van der Waals surface area (Å²) in [6, 6.07) is 9.02. The van der Waals surface area contributed by atoms with E-state index in [1.807, 2.05) is 18.2 Å². The van der Waals surface area contributed by atoms with Gasteiger partial charge in [0.2, 0.25) is 0 Å². The Morgan fingerprint density at radius 1 is 1.33 bits per heavy atom. The number of halogens is 2. The third-order valence-electron chi connectivity index (χ3n) is 2.25. The zero-order chi connectivity index (χ0) is 13.0. The van der Waals surface area contributed by atoms with Crippen molar-refractivity contribution >= 4 is 33.2 Å². The van der Waals surface area contributed by atoms with Gasteiger partial charge in [-0.15, -0.1) is 0 Å². The maximum Gasteiger partial charge on any atom is 0.139 e. The third kappa shape index (κ3) is 3.35. The number of nitrogens with zero attached hydrogens (tertiary/aromatic N) is 1. The molecule has 4 nitrogen and oxygen atoms in total. The van der Waals surface area contributed by atoms with Crippen LogP contribution < -0.4 is 16.0 Å². The second-order valence-corrected chi connectivity index (χ2v) is 4.87. The van der Waals surface area contributed by atoms with E-state index in [0.29, 0.717) is 17.4 Å². The minimum atomic E-state index is 0.325. The molecule has 0 bridgehead atoms. The van der Waals surface area contributed by atoms with Crippen molar-refractivity contribution in [1.29, 1.82) is 0 Å². The third-order valence-corrected chi connectivity index (χ3v) is 3.06. The zero-order valence-corrected chi connectivity index (χ0v) is 11.7. The highest BCUT2D eigenvalue weighted by Gasteiger charge is 2.04. The van der Waals surface area contributed by atoms with Crippen LogP contribution in [0.15, 0.2) is 41.0 Å². The summed E-state index contributed by atoms with van der Waals surface area (Å²) in [6.45, 7) is 0.325. The van der Waals surface area contributed by atoms with Crippen LogP contribution in [0.2, 0.25) is 5.02 Å². The second-order valence-electron chi connectivity index (χ2n) is 3.54. The van der Waals surface area contributed by atoms with Gasteiger partial charge < -0.3 is 10.2 Å². The molecule has 0 aliphatic rings. The van der Waals surface area contributed by atoms with E-state index in [2.05, 4.69) is 26.3 Å². The van der Waals surface area contributed by atoms with E-state index in [4.69, 9.17) is 22.2 Å². The molecule has 0 unspecified atom stereocenters. The van der Waals surface area contributed by atoms with Gasteiger partial charge in [-0.1, -0.05) is 27.5 Å². The maximum absolute atomic E-state index is 6.02. The summed E-state index contributed by atoms with van der Waals surface area (Å²) in [5, 5.41) is 0.561. The Morgan fingerprint density at radius 3 is 2.94 bits per heavy atom. The molecule has 1 aromatic carbocycles. The number of hydrogen-bond acceptors (Lipinski definition) is 4. The van der Waals surface area contributed by atoms with Crippen LogP contribution in [0.25, 0.3) is 0 Å². The van der Waals surface area contributed by atoms with Gasteiger partial charge in [-0.2, -0.15) is 0 Å². The number of hydrogen-bond donors (Lipinski definition) is 2. The van der Waals surface area contributed by atoms with Crippen molar-refractivity contribution in [3.05, 3.63) is 51.7 Å². The van der Waals surface area contributed by atoms with Crippen LogP contribution in [-0.4, -0.2) is 4.98 Å². The Morgan fingerprint density at radius 2 is 2.17 bits per heavy atom. The Hall–Kier alpha value is -1.30. The van der Waals surface area contributed by atoms with Crippen LogP contribution in [0, 0.1) is 0 Å². The van der Waals surface area contributed by atoms with E-state index >= 15 is 0 Å². The highest BCUT2D eigenvalue weighted by molar-refractivity contribution is 9.10. The number of anilines is 1. The number of hydrazine groups is 1. The number of benzene rings is 1. The van der Waals surface area contributed by atoms with Crippen molar-refractivity contribution in [3.63, 3.8) is 0 Å². The molecule has 0 aliphatic heterocycles. The van der Waals surface area contributed by atoms with Crippen LogP contribution in [0.4, 0.5) is 5.69 Å². The normalized spacial score (nSPS) is 10.2. The van der Waals surface area contributed by atoms with E-state index in [-0.39, 0.29) is 0 Å². The molecule has 0 saturated carbocycles. The SMILES string of the molecule is NNc1ccnc(COc2cc(Br)ccc2Cl)c1. The molecule has 2 aromatic rings. The lowest BCUT2D eigenvalue weighted by Crippen LogP contribution is -2.08. The fourth-order valence-electron chi connectivity index (χ4n) is 1.39. The summed E-state index contributed by atoms with van der Waals surface area (Å²) >= 11 is 9.39. The van der Waals surface area contributed by atoms with Crippen LogP contribution >= 0.6 is 27.5 Å². The smallest absolute Gasteiger partial charge is 0.139 e. The number of rotatable bonds is 4. The molecule has 0 saturated heterocycles. The summed E-state index contributed by atoms with van der Waals surface area (Å²) in [4.78, 5) is 4.18. The van der Waals surface area contributed by atoms with E-state index in [1.165, 1.54) is 0 Å². The minimum Gasteiger partial charge on any atom is -0.486 e. The number of ether oxygens (including phenoxy) is 1. The predicted octanol–water partition coefficient (Wildman–Crippen LogP) is 3.36. The van der Waals surface area contributed by atoms with Crippen LogP contribution in [0.5, 0.6) is 5.75 Å². The highest BCUT2D eigenvalue weighted by atomic mass is 79.9. The standard InChI is InChI=1S/C12H11BrClN3O/c13-8-1-2-11(14)12(5-8)18-7-10-6-9(17-15)3-4-16-10/h1-6H,7,15H2,(H,16,17). The average Bonchev–Trinajstić information content (AvgIpc) is 2.40. The van der Waals surface area contributed by atoms with Gasteiger partial charge in [-0.25, -0.2) is 0 Å². The Kier molecular flexibility index (Phi) is 4.41. The summed E-state index contributed by atoms with van der Waals surface area (Å²) in [7, 11) is 0. The first-order chi connectivity index (χ1) is 8.69. The molecule has 0 atom stereocenters. The minimum absolute atomic E-state index is 0.325. The van der Waals surface area contributed by atoms with Gasteiger partial charge in [0.25, 0.3) is 0 Å². The largest absolute Gasteiger partial charge is 0.486 e. The fourth-order valence-corrected chi connectivity index (χ4v) is 1.90. The van der Waals surface area contributed by atoms with Gasteiger partial charge in [0.1, 0.15) is 12.4 Å². The monoisotopic (exact) mass is 327 g/mol.